The van der Waals surface area contributed by atoms with Crippen molar-refractivity contribution in [2.45, 2.75) is 63.2 Å². The molecule has 9 rings (SSSR count). The van der Waals surface area contributed by atoms with Crippen LogP contribution >= 0.6 is 0 Å². The lowest BCUT2D eigenvalue weighted by Gasteiger charge is -2.36. The number of urea groups is 1. The van der Waals surface area contributed by atoms with Crippen molar-refractivity contribution in [3.8, 4) is 35.4 Å². The number of carbonyl (C=O) groups excluding carboxylic acids is 2. The summed E-state index contributed by atoms with van der Waals surface area (Å²) in [6, 6.07) is 13.5. The van der Waals surface area contributed by atoms with Gasteiger partial charge in [-0.25, -0.2) is 13.6 Å². The highest BCUT2D eigenvalue weighted by Gasteiger charge is 2.35. The smallest absolute Gasteiger partial charge is 0.328 e. The van der Waals surface area contributed by atoms with Gasteiger partial charge in [-0.3, -0.25) is 24.9 Å². The molecule has 6 heterocycles. The molecule has 3 aromatic carbocycles. The Hall–Kier alpha value is -5.91. The van der Waals surface area contributed by atoms with Crippen LogP contribution in [0.5, 0.6) is 11.8 Å². The van der Waals surface area contributed by atoms with Gasteiger partial charge in [-0.2, -0.15) is 9.97 Å². The van der Waals surface area contributed by atoms with Gasteiger partial charge in [0, 0.05) is 73.6 Å². The number of likely N-dealkylation sites (tertiary alicyclic amines) is 1. The molecular formula is C42H40F2N8O4. The second kappa shape index (κ2) is 14.6. The predicted molar refractivity (Wildman–Crippen MR) is 207 cm³/mol. The SMILES string of the molecule is C#Cc1c(F)ccc2cc(O)cc(-c3ncc4c(N5C[C@H]6CC[C@@H](C5)N6)nc(OC[C@@H]5CCCCN5Cc5ccc(N6CCC(=O)NC6=O)cc5)nc4c3F)c12. The van der Waals surface area contributed by atoms with E-state index in [9.17, 15) is 19.1 Å². The molecule has 3 atom stereocenters. The third-order valence-corrected chi connectivity index (χ3v) is 11.5. The van der Waals surface area contributed by atoms with Gasteiger partial charge in [0.1, 0.15) is 35.2 Å². The number of hydrogen-bond acceptors (Lipinski definition) is 10. The summed E-state index contributed by atoms with van der Waals surface area (Å²) >= 11 is 0. The Morgan fingerprint density at radius 3 is 2.55 bits per heavy atom. The van der Waals surface area contributed by atoms with E-state index in [1.54, 1.807) is 4.90 Å². The highest BCUT2D eigenvalue weighted by Crippen LogP contribution is 2.39. The van der Waals surface area contributed by atoms with E-state index in [4.69, 9.17) is 16.1 Å². The fourth-order valence-corrected chi connectivity index (χ4v) is 8.69. The number of rotatable bonds is 8. The Kier molecular flexibility index (Phi) is 9.35. The van der Waals surface area contributed by atoms with Crippen molar-refractivity contribution in [1.82, 2.24) is 30.5 Å². The summed E-state index contributed by atoms with van der Waals surface area (Å²) in [5.41, 5.74) is 1.77. The van der Waals surface area contributed by atoms with Crippen LogP contribution in [-0.4, -0.2) is 87.8 Å². The van der Waals surface area contributed by atoms with Gasteiger partial charge < -0.3 is 20.1 Å². The second-order valence-corrected chi connectivity index (χ2v) is 15.1. The average Bonchev–Trinajstić information content (AvgIpc) is 3.54. The maximum absolute atomic E-state index is 17.0. The number of hydrogen-bond donors (Lipinski definition) is 3. The molecule has 0 unspecified atom stereocenters. The first-order valence-electron chi connectivity index (χ1n) is 19.1. The van der Waals surface area contributed by atoms with Crippen molar-refractivity contribution in [3.05, 3.63) is 77.5 Å². The van der Waals surface area contributed by atoms with Gasteiger partial charge in [0.25, 0.3) is 0 Å². The first-order chi connectivity index (χ1) is 27.2. The van der Waals surface area contributed by atoms with Crippen LogP contribution in [0.4, 0.5) is 25.1 Å². The van der Waals surface area contributed by atoms with Gasteiger partial charge >= 0.3 is 12.0 Å². The number of aromatic hydroxyl groups is 1. The summed E-state index contributed by atoms with van der Waals surface area (Å²) in [5.74, 6) is 1.11. The largest absolute Gasteiger partial charge is 0.508 e. The number of amides is 3. The minimum Gasteiger partial charge on any atom is -0.508 e. The summed E-state index contributed by atoms with van der Waals surface area (Å²) in [6.45, 7) is 3.51. The van der Waals surface area contributed by atoms with Gasteiger partial charge in [0.2, 0.25) is 5.91 Å². The number of phenols is 1. The number of benzene rings is 3. The maximum atomic E-state index is 17.0. The lowest BCUT2D eigenvalue weighted by atomic mass is 9.96. The summed E-state index contributed by atoms with van der Waals surface area (Å²) in [4.78, 5) is 44.1. The number of nitrogens with one attached hydrogen (secondary N) is 2. The number of imide groups is 1. The van der Waals surface area contributed by atoms with E-state index in [2.05, 4.69) is 36.3 Å². The molecule has 12 nitrogen and oxygen atoms in total. The van der Waals surface area contributed by atoms with Gasteiger partial charge in [-0.05, 0) is 73.5 Å². The van der Waals surface area contributed by atoms with Crippen molar-refractivity contribution < 1.29 is 28.2 Å². The molecule has 3 N–H and O–H groups in total. The molecular weight excluding hydrogens is 719 g/mol. The zero-order valence-electron chi connectivity index (χ0n) is 30.6. The molecule has 56 heavy (non-hydrogen) atoms. The number of piperazine rings is 1. The molecule has 0 spiro atoms. The molecule has 2 aromatic heterocycles. The topological polar surface area (TPSA) is 136 Å². The average molecular weight is 759 g/mol. The van der Waals surface area contributed by atoms with Crippen LogP contribution in [0.25, 0.3) is 32.9 Å². The normalized spacial score (nSPS) is 21.4. The number of carbonyl (C=O) groups is 2. The van der Waals surface area contributed by atoms with Crippen molar-refractivity contribution in [2.24, 2.45) is 0 Å². The van der Waals surface area contributed by atoms with Gasteiger partial charge in [-0.15, -0.1) is 6.42 Å². The van der Waals surface area contributed by atoms with Crippen LogP contribution < -0.4 is 25.2 Å². The lowest BCUT2D eigenvalue weighted by molar-refractivity contribution is -0.120. The third-order valence-electron chi connectivity index (χ3n) is 11.5. The van der Waals surface area contributed by atoms with E-state index in [0.717, 1.165) is 49.9 Å². The van der Waals surface area contributed by atoms with E-state index in [1.165, 1.54) is 30.5 Å². The molecule has 4 saturated heterocycles. The Bertz CT molecular complexity index is 2410. The predicted octanol–water partition coefficient (Wildman–Crippen LogP) is 5.63. The number of nitrogens with zero attached hydrogens (tertiary/aromatic N) is 6. The minimum atomic E-state index is -0.760. The Morgan fingerprint density at radius 1 is 0.982 bits per heavy atom. The fourth-order valence-electron chi connectivity index (χ4n) is 8.69. The summed E-state index contributed by atoms with van der Waals surface area (Å²) in [7, 11) is 0. The van der Waals surface area contributed by atoms with E-state index in [-0.39, 0.29) is 76.5 Å². The molecule has 14 heteroatoms. The number of aromatic nitrogens is 3. The number of anilines is 2. The number of terminal acetylenes is 1. The molecule has 0 saturated carbocycles. The van der Waals surface area contributed by atoms with Crippen LogP contribution in [-0.2, 0) is 11.3 Å². The summed E-state index contributed by atoms with van der Waals surface area (Å²) in [6.07, 6.45) is 12.6. The molecule has 3 amide bonds. The monoisotopic (exact) mass is 758 g/mol. The van der Waals surface area contributed by atoms with Crippen LogP contribution in [0, 0.1) is 24.0 Å². The van der Waals surface area contributed by atoms with Crippen molar-refractivity contribution >= 4 is 45.1 Å². The van der Waals surface area contributed by atoms with Crippen LogP contribution in [0.2, 0.25) is 0 Å². The van der Waals surface area contributed by atoms with Crippen LogP contribution in [0.1, 0.15) is 49.7 Å². The van der Waals surface area contributed by atoms with E-state index in [1.807, 2.05) is 24.3 Å². The van der Waals surface area contributed by atoms with Crippen LogP contribution in [0.15, 0.2) is 54.7 Å². The summed E-state index contributed by atoms with van der Waals surface area (Å²) < 4.78 is 38.4. The molecule has 4 aliphatic heterocycles. The maximum Gasteiger partial charge on any atom is 0.328 e. The Balaban J connectivity index is 1.03. The molecule has 0 aliphatic carbocycles. The number of fused-ring (bicyclic) bond motifs is 4. The standard InChI is InChI=1S/C42H40F2N8O4/c1-2-31-34(43)13-8-25-17-30(53)18-32(36(25)31)38-37(44)39-33(19-45-38)40(51-21-26-9-10-27(22-51)46-26)49-41(48-39)56-23-29-5-3-4-15-50(29)20-24-6-11-28(12-7-24)52-16-14-35(54)47-42(52)55/h1,6-8,11-13,17-19,26-27,29,46,53H,3-5,9-10,14-16,20-23H2,(H,47,54,55)/t26-,27+,29-/m0/s1. The fraction of sp³-hybridized carbons (Fsp3) is 0.357. The first kappa shape index (κ1) is 35.8. The highest BCUT2D eigenvalue weighted by atomic mass is 19.1. The second-order valence-electron chi connectivity index (χ2n) is 15.1. The third kappa shape index (κ3) is 6.71. The lowest BCUT2D eigenvalue weighted by Crippen LogP contribution is -2.51. The molecule has 2 bridgehead atoms. The molecule has 4 aliphatic rings. The summed E-state index contributed by atoms with van der Waals surface area (Å²) in [5, 5.41) is 17.8. The number of phenolic OH excluding ortho intramolecular Hbond substituents is 1. The molecule has 0 radical (unpaired) electrons. The highest BCUT2D eigenvalue weighted by molar-refractivity contribution is 6.05. The quantitative estimate of drug-likeness (QED) is 0.171. The number of halogens is 2. The zero-order valence-corrected chi connectivity index (χ0v) is 30.6. The van der Waals surface area contributed by atoms with Crippen molar-refractivity contribution in [3.63, 3.8) is 0 Å². The number of piperidine rings is 1. The van der Waals surface area contributed by atoms with Gasteiger partial charge in [0.05, 0.1) is 10.9 Å². The van der Waals surface area contributed by atoms with Crippen molar-refractivity contribution in [2.75, 3.05) is 42.6 Å². The number of ether oxygens (including phenoxy) is 1. The molecule has 4 fully saturated rings. The van der Waals surface area contributed by atoms with Crippen LogP contribution in [0.3, 0.4) is 0 Å². The Morgan fingerprint density at radius 2 is 1.79 bits per heavy atom. The zero-order chi connectivity index (χ0) is 38.5. The Labute approximate surface area is 321 Å². The van der Waals surface area contributed by atoms with E-state index >= 15 is 4.39 Å². The van der Waals surface area contributed by atoms with Gasteiger partial charge in [0.15, 0.2) is 5.82 Å². The molecule has 5 aromatic rings. The molecule has 286 valence electrons. The van der Waals surface area contributed by atoms with E-state index in [0.29, 0.717) is 42.8 Å². The minimum absolute atomic E-state index is 0.00313. The van der Waals surface area contributed by atoms with Gasteiger partial charge in [-0.1, -0.05) is 30.5 Å². The van der Waals surface area contributed by atoms with E-state index < -0.39 is 17.7 Å². The number of pyridine rings is 1. The first-order valence-corrected chi connectivity index (χ1v) is 19.1. The van der Waals surface area contributed by atoms with Crippen molar-refractivity contribution in [1.29, 1.82) is 0 Å².